The van der Waals surface area contributed by atoms with Crippen molar-refractivity contribution in [3.63, 3.8) is 0 Å². The van der Waals surface area contributed by atoms with E-state index in [4.69, 9.17) is 16.7 Å². The van der Waals surface area contributed by atoms with E-state index < -0.39 is 5.97 Å². The zero-order valence-corrected chi connectivity index (χ0v) is 9.83. The van der Waals surface area contributed by atoms with E-state index in [0.717, 1.165) is 36.5 Å². The summed E-state index contributed by atoms with van der Waals surface area (Å²) >= 11 is 5.85. The first-order chi connectivity index (χ1) is 7.68. The standard InChI is InChI=1S/C12H16ClNO2/c13-11-5-3-4-10(8-11)9-14-7-2-1-6-12(15)16/h3-5,8,14H,1-2,6-7,9H2,(H,15,16). The van der Waals surface area contributed by atoms with Crippen molar-refractivity contribution in [1.29, 1.82) is 0 Å². The highest BCUT2D eigenvalue weighted by Gasteiger charge is 1.97. The number of unbranched alkanes of at least 4 members (excludes halogenated alkanes) is 1. The number of aliphatic carboxylic acids is 1. The van der Waals surface area contributed by atoms with E-state index in [1.165, 1.54) is 0 Å². The summed E-state index contributed by atoms with van der Waals surface area (Å²) in [5.41, 5.74) is 1.14. The second-order valence-electron chi connectivity index (χ2n) is 3.66. The van der Waals surface area contributed by atoms with Gasteiger partial charge in [0.05, 0.1) is 0 Å². The van der Waals surface area contributed by atoms with Crippen molar-refractivity contribution in [3.8, 4) is 0 Å². The highest BCUT2D eigenvalue weighted by Crippen LogP contribution is 2.10. The molecule has 0 heterocycles. The molecule has 0 aliphatic heterocycles. The Kier molecular flexibility index (Phi) is 5.90. The van der Waals surface area contributed by atoms with Crippen LogP contribution in [0.25, 0.3) is 0 Å². The van der Waals surface area contributed by atoms with Crippen molar-refractivity contribution in [2.45, 2.75) is 25.8 Å². The summed E-state index contributed by atoms with van der Waals surface area (Å²) in [6.07, 6.45) is 1.85. The molecule has 0 fully saturated rings. The van der Waals surface area contributed by atoms with Crippen LogP contribution in [0.3, 0.4) is 0 Å². The highest BCUT2D eigenvalue weighted by atomic mass is 35.5. The monoisotopic (exact) mass is 241 g/mol. The minimum absolute atomic E-state index is 0.249. The molecule has 1 aromatic carbocycles. The van der Waals surface area contributed by atoms with Gasteiger partial charge in [0.2, 0.25) is 0 Å². The third-order valence-corrected chi connectivity index (χ3v) is 2.45. The average molecular weight is 242 g/mol. The van der Waals surface area contributed by atoms with Crippen molar-refractivity contribution in [3.05, 3.63) is 34.9 Å². The lowest BCUT2D eigenvalue weighted by Gasteiger charge is -2.04. The van der Waals surface area contributed by atoms with Gasteiger partial charge in [-0.25, -0.2) is 0 Å². The molecule has 0 aromatic heterocycles. The van der Waals surface area contributed by atoms with Crippen LogP contribution in [0.5, 0.6) is 0 Å². The van der Waals surface area contributed by atoms with Crippen LogP contribution >= 0.6 is 11.6 Å². The molecule has 0 unspecified atom stereocenters. The van der Waals surface area contributed by atoms with Crippen molar-refractivity contribution in [2.24, 2.45) is 0 Å². The Balaban J connectivity index is 2.09. The summed E-state index contributed by atoms with van der Waals surface area (Å²) in [7, 11) is 0. The number of halogens is 1. The van der Waals surface area contributed by atoms with E-state index in [-0.39, 0.29) is 6.42 Å². The van der Waals surface area contributed by atoms with Crippen LogP contribution in [0.1, 0.15) is 24.8 Å². The van der Waals surface area contributed by atoms with Crippen molar-refractivity contribution >= 4 is 17.6 Å². The second-order valence-corrected chi connectivity index (χ2v) is 4.09. The Hall–Kier alpha value is -1.06. The van der Waals surface area contributed by atoms with Gasteiger partial charge in [-0.3, -0.25) is 4.79 Å². The van der Waals surface area contributed by atoms with Gasteiger partial charge in [-0.1, -0.05) is 23.7 Å². The van der Waals surface area contributed by atoms with Gasteiger partial charge in [0.25, 0.3) is 0 Å². The molecule has 0 atom stereocenters. The molecule has 0 saturated heterocycles. The molecule has 0 aliphatic carbocycles. The maximum atomic E-state index is 10.3. The van der Waals surface area contributed by atoms with Gasteiger partial charge in [-0.15, -0.1) is 0 Å². The number of benzene rings is 1. The first-order valence-electron chi connectivity index (χ1n) is 5.35. The van der Waals surface area contributed by atoms with Crippen LogP contribution in [0.4, 0.5) is 0 Å². The minimum Gasteiger partial charge on any atom is -0.481 e. The van der Waals surface area contributed by atoms with Crippen molar-refractivity contribution in [1.82, 2.24) is 5.32 Å². The van der Waals surface area contributed by atoms with E-state index in [1.807, 2.05) is 24.3 Å². The molecule has 4 heteroatoms. The molecule has 0 bridgehead atoms. The maximum absolute atomic E-state index is 10.3. The molecular weight excluding hydrogens is 226 g/mol. The number of hydrogen-bond donors (Lipinski definition) is 2. The normalized spacial score (nSPS) is 10.3. The average Bonchev–Trinajstić information content (AvgIpc) is 2.23. The van der Waals surface area contributed by atoms with E-state index in [9.17, 15) is 4.79 Å². The molecule has 0 aliphatic rings. The highest BCUT2D eigenvalue weighted by molar-refractivity contribution is 6.30. The molecular formula is C12H16ClNO2. The predicted molar refractivity (Wildman–Crippen MR) is 64.6 cm³/mol. The molecule has 2 N–H and O–H groups in total. The van der Waals surface area contributed by atoms with Crippen LogP contribution in [0.2, 0.25) is 5.02 Å². The number of carbonyl (C=O) groups is 1. The third kappa shape index (κ3) is 5.73. The quantitative estimate of drug-likeness (QED) is 0.722. The van der Waals surface area contributed by atoms with Gasteiger partial charge in [-0.05, 0) is 37.1 Å². The Morgan fingerprint density at radius 3 is 2.88 bits per heavy atom. The fourth-order valence-corrected chi connectivity index (χ4v) is 1.62. The SMILES string of the molecule is O=C(O)CCCCNCc1cccc(Cl)c1. The second kappa shape index (κ2) is 7.25. The Morgan fingerprint density at radius 2 is 2.19 bits per heavy atom. The van der Waals surface area contributed by atoms with E-state index in [0.29, 0.717) is 0 Å². The first-order valence-corrected chi connectivity index (χ1v) is 5.73. The van der Waals surface area contributed by atoms with Crippen molar-refractivity contribution in [2.75, 3.05) is 6.54 Å². The van der Waals surface area contributed by atoms with Gasteiger partial charge in [0.15, 0.2) is 0 Å². The largest absolute Gasteiger partial charge is 0.481 e. The predicted octanol–water partition coefficient (Wildman–Crippen LogP) is 2.68. The smallest absolute Gasteiger partial charge is 0.303 e. The minimum atomic E-state index is -0.727. The van der Waals surface area contributed by atoms with Crippen LogP contribution in [-0.2, 0) is 11.3 Å². The maximum Gasteiger partial charge on any atom is 0.303 e. The Morgan fingerprint density at radius 1 is 1.38 bits per heavy atom. The van der Waals surface area contributed by atoms with Gasteiger partial charge in [-0.2, -0.15) is 0 Å². The van der Waals surface area contributed by atoms with E-state index in [2.05, 4.69) is 5.32 Å². The molecule has 0 spiro atoms. The number of nitrogens with one attached hydrogen (secondary N) is 1. The van der Waals surface area contributed by atoms with Crippen molar-refractivity contribution < 1.29 is 9.90 Å². The lowest BCUT2D eigenvalue weighted by atomic mass is 10.2. The molecule has 1 aromatic rings. The summed E-state index contributed by atoms with van der Waals surface area (Å²) in [6, 6.07) is 7.70. The number of carboxylic acid groups (broad SMARTS) is 1. The van der Waals surface area contributed by atoms with Crippen LogP contribution in [-0.4, -0.2) is 17.6 Å². The van der Waals surface area contributed by atoms with E-state index >= 15 is 0 Å². The summed E-state index contributed by atoms with van der Waals surface area (Å²) in [6.45, 7) is 1.60. The molecule has 0 amide bonds. The van der Waals surface area contributed by atoms with Crippen LogP contribution in [0, 0.1) is 0 Å². The zero-order chi connectivity index (χ0) is 11.8. The Bertz CT molecular complexity index is 342. The summed E-state index contributed by atoms with van der Waals surface area (Å²) in [4.78, 5) is 10.3. The summed E-state index contributed by atoms with van der Waals surface area (Å²) in [5, 5.41) is 12.4. The first kappa shape index (κ1) is 13.0. The fourth-order valence-electron chi connectivity index (χ4n) is 1.41. The molecule has 1 rings (SSSR count). The summed E-state index contributed by atoms with van der Waals surface area (Å²) < 4.78 is 0. The molecule has 0 saturated carbocycles. The van der Waals surface area contributed by atoms with Gasteiger partial charge in [0.1, 0.15) is 0 Å². The number of hydrogen-bond acceptors (Lipinski definition) is 2. The Labute approximate surface area is 100 Å². The lowest BCUT2D eigenvalue weighted by Crippen LogP contribution is -2.14. The van der Waals surface area contributed by atoms with Gasteiger partial charge in [0, 0.05) is 18.0 Å². The third-order valence-electron chi connectivity index (χ3n) is 2.21. The zero-order valence-electron chi connectivity index (χ0n) is 9.08. The van der Waals surface area contributed by atoms with E-state index in [1.54, 1.807) is 0 Å². The van der Waals surface area contributed by atoms with Gasteiger partial charge < -0.3 is 10.4 Å². The number of carboxylic acids is 1. The molecule has 3 nitrogen and oxygen atoms in total. The van der Waals surface area contributed by atoms with Gasteiger partial charge >= 0.3 is 5.97 Å². The fraction of sp³-hybridized carbons (Fsp3) is 0.417. The molecule has 88 valence electrons. The lowest BCUT2D eigenvalue weighted by molar-refractivity contribution is -0.137. The number of rotatable bonds is 7. The molecule has 0 radical (unpaired) electrons. The summed E-state index contributed by atoms with van der Waals surface area (Å²) in [5.74, 6) is -0.727. The van der Waals surface area contributed by atoms with Crippen LogP contribution < -0.4 is 5.32 Å². The topological polar surface area (TPSA) is 49.3 Å². The van der Waals surface area contributed by atoms with Crippen LogP contribution in [0.15, 0.2) is 24.3 Å². The molecule has 16 heavy (non-hydrogen) atoms.